The molecular formula is C20H22N2O2S2. The van der Waals surface area contributed by atoms with E-state index in [1.165, 1.54) is 16.6 Å². The van der Waals surface area contributed by atoms with Gasteiger partial charge in [0, 0.05) is 10.9 Å². The topological polar surface area (TPSA) is 52.0 Å². The molecule has 26 heavy (non-hydrogen) atoms. The van der Waals surface area contributed by atoms with Gasteiger partial charge in [0.2, 0.25) is 0 Å². The highest BCUT2D eigenvalue weighted by molar-refractivity contribution is 7.99. The average Bonchev–Trinajstić information content (AvgIpc) is 3.15. The second-order valence-corrected chi connectivity index (χ2v) is 8.29. The van der Waals surface area contributed by atoms with Crippen LogP contribution in [0.25, 0.3) is 10.9 Å². The minimum Gasteiger partial charge on any atom is -0.292 e. The molecule has 2 heterocycles. The van der Waals surface area contributed by atoms with Crippen molar-refractivity contribution in [2.24, 2.45) is 0 Å². The van der Waals surface area contributed by atoms with Crippen molar-refractivity contribution in [1.29, 1.82) is 0 Å². The lowest BCUT2D eigenvalue weighted by Gasteiger charge is -2.18. The first-order chi connectivity index (χ1) is 12.5. The van der Waals surface area contributed by atoms with Crippen molar-refractivity contribution >= 4 is 39.8 Å². The SMILES string of the molecule is CCc1ccc(C(=O)CSc2nc3ccccc3c(=O)n2[C@@H](C)CC)s1. The largest absolute Gasteiger partial charge is 0.292 e. The van der Waals surface area contributed by atoms with E-state index in [2.05, 4.69) is 11.9 Å². The summed E-state index contributed by atoms with van der Waals surface area (Å²) in [4.78, 5) is 32.1. The van der Waals surface area contributed by atoms with E-state index in [1.54, 1.807) is 22.0 Å². The number of carbonyl (C=O) groups excluding carboxylic acids is 1. The molecule has 0 N–H and O–H groups in total. The first-order valence-electron chi connectivity index (χ1n) is 8.81. The van der Waals surface area contributed by atoms with Crippen molar-refractivity contribution in [1.82, 2.24) is 9.55 Å². The Morgan fingerprint density at radius 3 is 2.69 bits per heavy atom. The summed E-state index contributed by atoms with van der Waals surface area (Å²) in [5, 5.41) is 1.23. The highest BCUT2D eigenvalue weighted by Gasteiger charge is 2.17. The Morgan fingerprint density at radius 2 is 2.00 bits per heavy atom. The Morgan fingerprint density at radius 1 is 1.23 bits per heavy atom. The van der Waals surface area contributed by atoms with E-state index in [1.807, 2.05) is 44.2 Å². The molecule has 4 nitrogen and oxygen atoms in total. The summed E-state index contributed by atoms with van der Waals surface area (Å²) in [5.74, 6) is 0.364. The van der Waals surface area contributed by atoms with Crippen molar-refractivity contribution in [3.05, 3.63) is 56.5 Å². The van der Waals surface area contributed by atoms with Crippen molar-refractivity contribution in [3.63, 3.8) is 0 Å². The third kappa shape index (κ3) is 3.76. The molecule has 1 aromatic carbocycles. The van der Waals surface area contributed by atoms with E-state index in [-0.39, 0.29) is 23.1 Å². The molecule has 0 amide bonds. The quantitative estimate of drug-likeness (QED) is 0.327. The lowest BCUT2D eigenvalue weighted by Crippen LogP contribution is -2.26. The van der Waals surface area contributed by atoms with Crippen LogP contribution < -0.4 is 5.56 Å². The van der Waals surface area contributed by atoms with Crippen LogP contribution in [0.2, 0.25) is 0 Å². The predicted molar refractivity (Wildman–Crippen MR) is 110 cm³/mol. The van der Waals surface area contributed by atoms with Gasteiger partial charge in [-0.2, -0.15) is 0 Å². The summed E-state index contributed by atoms with van der Waals surface area (Å²) in [6.07, 6.45) is 1.76. The van der Waals surface area contributed by atoms with Gasteiger partial charge in [0.15, 0.2) is 10.9 Å². The van der Waals surface area contributed by atoms with Gasteiger partial charge in [0.1, 0.15) is 0 Å². The number of hydrogen-bond donors (Lipinski definition) is 0. The number of aromatic nitrogens is 2. The lowest BCUT2D eigenvalue weighted by atomic mass is 10.2. The zero-order valence-electron chi connectivity index (χ0n) is 15.2. The number of hydrogen-bond acceptors (Lipinski definition) is 5. The molecule has 136 valence electrons. The van der Waals surface area contributed by atoms with Crippen LogP contribution in [-0.4, -0.2) is 21.1 Å². The number of fused-ring (bicyclic) bond motifs is 1. The van der Waals surface area contributed by atoms with E-state index in [4.69, 9.17) is 0 Å². The molecule has 3 aromatic rings. The Labute approximate surface area is 161 Å². The van der Waals surface area contributed by atoms with Gasteiger partial charge in [-0.15, -0.1) is 11.3 Å². The van der Waals surface area contributed by atoms with Crippen molar-refractivity contribution in [3.8, 4) is 0 Å². The van der Waals surface area contributed by atoms with Crippen LogP contribution in [0.3, 0.4) is 0 Å². The Balaban J connectivity index is 1.93. The smallest absolute Gasteiger partial charge is 0.262 e. The van der Waals surface area contributed by atoms with Crippen LogP contribution in [0.5, 0.6) is 0 Å². The average molecular weight is 387 g/mol. The maximum absolute atomic E-state index is 12.9. The number of benzene rings is 1. The zero-order valence-corrected chi connectivity index (χ0v) is 16.8. The number of ketones is 1. The summed E-state index contributed by atoms with van der Waals surface area (Å²) in [6, 6.07) is 11.3. The number of thiophene rings is 1. The molecule has 0 aliphatic carbocycles. The number of rotatable bonds is 7. The fourth-order valence-electron chi connectivity index (χ4n) is 2.72. The minimum absolute atomic E-state index is 0.0330. The minimum atomic E-state index is -0.0377. The number of carbonyl (C=O) groups is 1. The molecule has 0 aliphatic rings. The molecule has 1 atom stereocenters. The van der Waals surface area contributed by atoms with Gasteiger partial charge < -0.3 is 0 Å². The van der Waals surface area contributed by atoms with Crippen LogP contribution in [0, 0.1) is 0 Å². The van der Waals surface area contributed by atoms with E-state index < -0.39 is 0 Å². The number of para-hydroxylation sites is 1. The van der Waals surface area contributed by atoms with Gasteiger partial charge in [-0.25, -0.2) is 4.98 Å². The fourth-order valence-corrected chi connectivity index (χ4v) is 4.67. The standard InChI is InChI=1S/C20H22N2O2S2/c1-4-13(3)22-19(24)15-8-6-7-9-16(15)21-20(22)25-12-17(23)18-11-10-14(5-2)26-18/h6-11,13H,4-5,12H2,1-3H3/t13-/m0/s1. The summed E-state index contributed by atoms with van der Waals surface area (Å²) in [6.45, 7) is 6.14. The third-order valence-corrected chi connectivity index (χ3v) is 6.65. The van der Waals surface area contributed by atoms with Gasteiger partial charge in [0.25, 0.3) is 5.56 Å². The third-order valence-electron chi connectivity index (χ3n) is 4.42. The monoisotopic (exact) mass is 386 g/mol. The summed E-state index contributed by atoms with van der Waals surface area (Å²) >= 11 is 2.89. The van der Waals surface area contributed by atoms with Crippen molar-refractivity contribution in [2.75, 3.05) is 5.75 Å². The molecule has 2 aromatic heterocycles. The second kappa shape index (κ2) is 8.18. The number of thioether (sulfide) groups is 1. The van der Waals surface area contributed by atoms with Gasteiger partial charge in [-0.3, -0.25) is 14.2 Å². The van der Waals surface area contributed by atoms with Crippen LogP contribution >= 0.6 is 23.1 Å². The molecule has 0 radical (unpaired) electrons. The van der Waals surface area contributed by atoms with Gasteiger partial charge in [-0.1, -0.05) is 37.7 Å². The van der Waals surface area contributed by atoms with E-state index in [0.717, 1.165) is 17.7 Å². The van der Waals surface area contributed by atoms with Gasteiger partial charge in [-0.05, 0) is 44.0 Å². The molecule has 0 bridgehead atoms. The van der Waals surface area contributed by atoms with Crippen LogP contribution in [0.4, 0.5) is 0 Å². The molecule has 0 saturated heterocycles. The Bertz CT molecular complexity index is 991. The molecule has 0 aliphatic heterocycles. The first-order valence-corrected chi connectivity index (χ1v) is 10.6. The van der Waals surface area contributed by atoms with Crippen molar-refractivity contribution < 1.29 is 4.79 Å². The van der Waals surface area contributed by atoms with Crippen molar-refractivity contribution in [2.45, 2.75) is 44.8 Å². The Hall–Kier alpha value is -1.92. The Kier molecular flexibility index (Phi) is 5.94. The van der Waals surface area contributed by atoms with Crippen LogP contribution in [0.1, 0.15) is 47.8 Å². The first kappa shape index (κ1) is 18.9. The van der Waals surface area contributed by atoms with Crippen LogP contribution in [-0.2, 0) is 6.42 Å². The molecule has 3 rings (SSSR count). The lowest BCUT2D eigenvalue weighted by molar-refractivity contribution is 0.102. The summed E-state index contributed by atoms with van der Waals surface area (Å²) in [7, 11) is 0. The molecular weight excluding hydrogens is 364 g/mol. The maximum Gasteiger partial charge on any atom is 0.262 e. The zero-order chi connectivity index (χ0) is 18.7. The molecule has 0 spiro atoms. The molecule has 6 heteroatoms. The number of Topliss-reactive ketones (excluding diaryl/α,β-unsaturated/α-hetero) is 1. The highest BCUT2D eigenvalue weighted by atomic mass is 32.2. The van der Waals surface area contributed by atoms with Gasteiger partial charge in [0.05, 0.1) is 21.5 Å². The second-order valence-electron chi connectivity index (χ2n) is 6.18. The summed E-state index contributed by atoms with van der Waals surface area (Å²) in [5.41, 5.74) is 0.640. The van der Waals surface area contributed by atoms with Gasteiger partial charge >= 0.3 is 0 Å². The fraction of sp³-hybridized carbons (Fsp3) is 0.350. The predicted octanol–water partition coefficient (Wildman–Crippen LogP) is 4.97. The van der Waals surface area contributed by atoms with E-state index >= 15 is 0 Å². The normalized spacial score (nSPS) is 12.4. The summed E-state index contributed by atoms with van der Waals surface area (Å²) < 4.78 is 1.73. The molecule has 0 fully saturated rings. The molecule has 0 unspecified atom stereocenters. The maximum atomic E-state index is 12.9. The van der Waals surface area contributed by atoms with E-state index in [0.29, 0.717) is 16.1 Å². The van der Waals surface area contributed by atoms with Crippen LogP contribution in [0.15, 0.2) is 46.3 Å². The molecule has 0 saturated carbocycles. The van der Waals surface area contributed by atoms with E-state index in [9.17, 15) is 9.59 Å². The highest BCUT2D eigenvalue weighted by Crippen LogP contribution is 2.25. The number of aryl methyl sites for hydroxylation is 1. The number of nitrogens with zero attached hydrogens (tertiary/aromatic N) is 2.